The maximum absolute atomic E-state index is 11.9. The largest absolute Gasteiger partial charge is 0.372 e. The zero-order valence-electron chi connectivity index (χ0n) is 7.92. The standard InChI is InChI=1S/C11H13NO/c1-3-11(2)10(13)8-6-4-5-7-9(8)12-11/h4-7,12H,3H2,1-2H3. The number of carbonyl (C=O) groups excluding carboxylic acids is 1. The Morgan fingerprint density at radius 3 is 2.69 bits per heavy atom. The van der Waals surface area contributed by atoms with Crippen molar-refractivity contribution >= 4 is 11.5 Å². The Morgan fingerprint density at radius 2 is 2.08 bits per heavy atom. The molecular weight excluding hydrogens is 162 g/mol. The molecule has 0 aromatic heterocycles. The van der Waals surface area contributed by atoms with Crippen LogP contribution < -0.4 is 5.32 Å². The van der Waals surface area contributed by atoms with E-state index in [9.17, 15) is 4.79 Å². The molecule has 0 aliphatic carbocycles. The summed E-state index contributed by atoms with van der Waals surface area (Å²) in [6.07, 6.45) is 0.820. The smallest absolute Gasteiger partial charge is 0.189 e. The van der Waals surface area contributed by atoms with Gasteiger partial charge in [-0.2, -0.15) is 0 Å². The summed E-state index contributed by atoms with van der Waals surface area (Å²) >= 11 is 0. The lowest BCUT2D eigenvalue weighted by molar-refractivity contribution is 0.0927. The van der Waals surface area contributed by atoms with Crippen LogP contribution in [-0.2, 0) is 0 Å². The second-order valence-corrected chi connectivity index (χ2v) is 3.69. The summed E-state index contributed by atoms with van der Waals surface area (Å²) in [6.45, 7) is 3.98. The molecule has 68 valence electrons. The van der Waals surface area contributed by atoms with Crippen LogP contribution in [0.3, 0.4) is 0 Å². The van der Waals surface area contributed by atoms with Crippen molar-refractivity contribution in [3.63, 3.8) is 0 Å². The van der Waals surface area contributed by atoms with Gasteiger partial charge in [0.1, 0.15) is 0 Å². The summed E-state index contributed by atoms with van der Waals surface area (Å²) in [6, 6.07) is 7.68. The minimum Gasteiger partial charge on any atom is -0.372 e. The first-order chi connectivity index (χ1) is 6.17. The van der Waals surface area contributed by atoms with Gasteiger partial charge in [-0.3, -0.25) is 4.79 Å². The molecule has 1 heterocycles. The molecule has 1 aliphatic heterocycles. The van der Waals surface area contributed by atoms with E-state index < -0.39 is 0 Å². The predicted octanol–water partition coefficient (Wildman–Crippen LogP) is 2.46. The summed E-state index contributed by atoms with van der Waals surface area (Å²) in [5, 5.41) is 3.26. The zero-order valence-corrected chi connectivity index (χ0v) is 7.92. The zero-order chi connectivity index (χ0) is 9.47. The molecule has 0 saturated heterocycles. The quantitative estimate of drug-likeness (QED) is 0.710. The van der Waals surface area contributed by atoms with Crippen LogP contribution in [0.25, 0.3) is 0 Å². The van der Waals surface area contributed by atoms with Gasteiger partial charge >= 0.3 is 0 Å². The monoisotopic (exact) mass is 175 g/mol. The van der Waals surface area contributed by atoms with E-state index in [2.05, 4.69) is 5.32 Å². The summed E-state index contributed by atoms with van der Waals surface area (Å²) in [7, 11) is 0. The molecule has 0 saturated carbocycles. The number of ketones is 1. The van der Waals surface area contributed by atoms with Gasteiger partial charge in [-0.1, -0.05) is 19.1 Å². The first-order valence-electron chi connectivity index (χ1n) is 4.59. The average Bonchev–Trinajstić information content (AvgIpc) is 2.41. The molecule has 1 aliphatic rings. The van der Waals surface area contributed by atoms with Crippen molar-refractivity contribution in [2.45, 2.75) is 25.8 Å². The Balaban J connectivity index is 2.50. The fraction of sp³-hybridized carbons (Fsp3) is 0.364. The number of nitrogens with one attached hydrogen (secondary N) is 1. The van der Waals surface area contributed by atoms with Gasteiger partial charge in [-0.15, -0.1) is 0 Å². The van der Waals surface area contributed by atoms with Crippen LogP contribution in [0.4, 0.5) is 5.69 Å². The number of para-hydroxylation sites is 1. The molecule has 2 nitrogen and oxygen atoms in total. The Bertz CT molecular complexity index is 359. The number of hydrogen-bond acceptors (Lipinski definition) is 2. The van der Waals surface area contributed by atoms with E-state index in [1.165, 1.54) is 0 Å². The Labute approximate surface area is 78.0 Å². The van der Waals surface area contributed by atoms with Crippen molar-refractivity contribution in [2.24, 2.45) is 0 Å². The number of carbonyl (C=O) groups is 1. The molecule has 0 amide bonds. The molecule has 1 aromatic rings. The molecule has 0 bridgehead atoms. The first-order valence-corrected chi connectivity index (χ1v) is 4.59. The molecule has 1 unspecified atom stereocenters. The lowest BCUT2D eigenvalue weighted by atomic mass is 9.93. The van der Waals surface area contributed by atoms with Gasteiger partial charge in [0.05, 0.1) is 5.54 Å². The van der Waals surface area contributed by atoms with E-state index in [1.54, 1.807) is 0 Å². The minimum atomic E-state index is -0.385. The minimum absolute atomic E-state index is 0.214. The van der Waals surface area contributed by atoms with Crippen molar-refractivity contribution in [2.75, 3.05) is 5.32 Å². The van der Waals surface area contributed by atoms with Crippen LogP contribution in [0.15, 0.2) is 24.3 Å². The van der Waals surface area contributed by atoms with Crippen LogP contribution >= 0.6 is 0 Å². The number of Topliss-reactive ketones (excluding diaryl/α,β-unsaturated/α-hetero) is 1. The van der Waals surface area contributed by atoms with Crippen molar-refractivity contribution in [1.82, 2.24) is 0 Å². The number of hydrogen-bond donors (Lipinski definition) is 1. The third kappa shape index (κ3) is 1.05. The molecule has 13 heavy (non-hydrogen) atoms. The Kier molecular flexibility index (Phi) is 1.65. The van der Waals surface area contributed by atoms with Crippen LogP contribution in [0.2, 0.25) is 0 Å². The lowest BCUT2D eigenvalue weighted by Crippen LogP contribution is -2.36. The molecule has 0 radical (unpaired) electrons. The highest BCUT2D eigenvalue weighted by Crippen LogP contribution is 2.33. The van der Waals surface area contributed by atoms with Gasteiger partial charge in [-0.25, -0.2) is 0 Å². The predicted molar refractivity (Wildman–Crippen MR) is 53.1 cm³/mol. The molecule has 2 heteroatoms. The second-order valence-electron chi connectivity index (χ2n) is 3.69. The molecule has 1 atom stereocenters. The van der Waals surface area contributed by atoms with Gasteiger partial charge in [0.25, 0.3) is 0 Å². The number of fused-ring (bicyclic) bond motifs is 1. The Hall–Kier alpha value is -1.31. The third-order valence-electron chi connectivity index (χ3n) is 2.79. The molecule has 2 rings (SSSR count). The van der Waals surface area contributed by atoms with E-state index in [4.69, 9.17) is 0 Å². The highest BCUT2D eigenvalue weighted by atomic mass is 16.1. The van der Waals surface area contributed by atoms with E-state index in [1.807, 2.05) is 38.1 Å². The average molecular weight is 175 g/mol. The molecule has 0 spiro atoms. The van der Waals surface area contributed by atoms with Gasteiger partial charge in [-0.05, 0) is 25.5 Å². The fourth-order valence-corrected chi connectivity index (χ4v) is 1.69. The van der Waals surface area contributed by atoms with Crippen molar-refractivity contribution in [1.29, 1.82) is 0 Å². The van der Waals surface area contributed by atoms with E-state index in [0.717, 1.165) is 17.7 Å². The van der Waals surface area contributed by atoms with Crippen LogP contribution in [0.5, 0.6) is 0 Å². The third-order valence-corrected chi connectivity index (χ3v) is 2.79. The van der Waals surface area contributed by atoms with Crippen molar-refractivity contribution in [3.05, 3.63) is 29.8 Å². The maximum atomic E-state index is 11.9. The SMILES string of the molecule is CCC1(C)Nc2ccccc2C1=O. The van der Waals surface area contributed by atoms with Crippen LogP contribution in [0, 0.1) is 0 Å². The molecule has 0 fully saturated rings. The van der Waals surface area contributed by atoms with Gasteiger partial charge < -0.3 is 5.32 Å². The lowest BCUT2D eigenvalue weighted by Gasteiger charge is -2.20. The number of rotatable bonds is 1. The summed E-state index contributed by atoms with van der Waals surface area (Å²) in [5.41, 5.74) is 1.41. The molecular formula is C11H13NO. The van der Waals surface area contributed by atoms with E-state index in [-0.39, 0.29) is 11.3 Å². The van der Waals surface area contributed by atoms with Gasteiger partial charge in [0, 0.05) is 11.3 Å². The van der Waals surface area contributed by atoms with Gasteiger partial charge in [0.15, 0.2) is 5.78 Å². The molecule has 1 N–H and O–H groups in total. The number of anilines is 1. The topological polar surface area (TPSA) is 29.1 Å². The maximum Gasteiger partial charge on any atom is 0.189 e. The van der Waals surface area contributed by atoms with Crippen LogP contribution in [-0.4, -0.2) is 11.3 Å². The first kappa shape index (κ1) is 8.30. The summed E-state index contributed by atoms with van der Waals surface area (Å²) in [5.74, 6) is 0.214. The number of benzene rings is 1. The fourth-order valence-electron chi connectivity index (χ4n) is 1.69. The summed E-state index contributed by atoms with van der Waals surface area (Å²) in [4.78, 5) is 11.9. The van der Waals surface area contributed by atoms with Crippen LogP contribution in [0.1, 0.15) is 30.6 Å². The highest BCUT2D eigenvalue weighted by Gasteiger charge is 2.38. The highest BCUT2D eigenvalue weighted by molar-refractivity contribution is 6.13. The van der Waals surface area contributed by atoms with E-state index >= 15 is 0 Å². The second kappa shape index (κ2) is 2.59. The van der Waals surface area contributed by atoms with E-state index in [0.29, 0.717) is 0 Å². The van der Waals surface area contributed by atoms with Gasteiger partial charge in [0.2, 0.25) is 0 Å². The normalized spacial score (nSPS) is 25.5. The van der Waals surface area contributed by atoms with Crippen molar-refractivity contribution < 1.29 is 4.79 Å². The molecule has 1 aromatic carbocycles. The Morgan fingerprint density at radius 1 is 1.38 bits per heavy atom. The van der Waals surface area contributed by atoms with Crippen molar-refractivity contribution in [3.8, 4) is 0 Å². The summed E-state index contributed by atoms with van der Waals surface area (Å²) < 4.78 is 0.